The highest BCUT2D eigenvalue weighted by molar-refractivity contribution is 5.80. The number of nitrogens with one attached hydrogen (secondary N) is 1. The molecule has 75 heavy (non-hydrogen) atoms. The third-order valence-electron chi connectivity index (χ3n) is 16.7. The highest BCUT2D eigenvalue weighted by Crippen LogP contribution is 2.20. The van der Waals surface area contributed by atoms with Crippen molar-refractivity contribution in [3.05, 3.63) is 12.2 Å². The van der Waals surface area contributed by atoms with Crippen LogP contribution in [0.1, 0.15) is 393 Å². The molecule has 1 amide bonds. The summed E-state index contributed by atoms with van der Waals surface area (Å²) in [6.07, 6.45) is 79.0. The Kier molecular flexibility index (Phi) is 63.1. The predicted octanol–water partition coefficient (Wildman–Crippen LogP) is 21.2. The van der Waals surface area contributed by atoms with Crippen molar-refractivity contribution in [2.24, 2.45) is 0 Å². The van der Waals surface area contributed by atoms with E-state index >= 15 is 0 Å². The lowest BCUT2D eigenvalue weighted by Crippen LogP contribution is -2.53. The minimum atomic E-state index is -1.26. The minimum Gasteiger partial charge on any atom is -0.394 e. The standard InChI is InChI=1S/C69H137NO5/c1-3-5-7-9-11-13-15-17-19-21-23-25-27-29-31-33-34-35-37-38-40-42-44-46-48-50-52-54-56-58-60-62-66(72)68(74)65(64-71)70-69(75)67(73)63-61-59-57-55-53-51-49-47-45-43-41-39-36-32-30-28-26-24-22-20-18-16-14-12-10-8-6-4-2/h30,32,65-68,71-74H,3-29,31,33-64H2,1-2H3,(H,70,75)/b32-30-. The number of hydrogen-bond donors (Lipinski definition) is 5. The van der Waals surface area contributed by atoms with Gasteiger partial charge in [-0.2, -0.15) is 0 Å². The summed E-state index contributed by atoms with van der Waals surface area (Å²) in [5, 5.41) is 44.3. The van der Waals surface area contributed by atoms with Crippen molar-refractivity contribution in [2.75, 3.05) is 6.61 Å². The van der Waals surface area contributed by atoms with Crippen LogP contribution in [0.3, 0.4) is 0 Å². The molecule has 0 spiro atoms. The third-order valence-corrected chi connectivity index (χ3v) is 16.7. The van der Waals surface area contributed by atoms with Gasteiger partial charge in [0.05, 0.1) is 18.8 Å². The Morgan fingerprint density at radius 1 is 0.320 bits per heavy atom. The fraction of sp³-hybridized carbons (Fsp3) is 0.957. The Morgan fingerprint density at radius 3 is 0.773 bits per heavy atom. The van der Waals surface area contributed by atoms with Crippen molar-refractivity contribution in [3.8, 4) is 0 Å². The fourth-order valence-electron chi connectivity index (χ4n) is 11.3. The molecular formula is C69H137NO5. The van der Waals surface area contributed by atoms with Gasteiger partial charge in [0.1, 0.15) is 12.2 Å². The molecule has 4 unspecified atom stereocenters. The van der Waals surface area contributed by atoms with Crippen LogP contribution in [0.25, 0.3) is 0 Å². The molecule has 0 aliphatic carbocycles. The molecular weight excluding hydrogens is 923 g/mol. The van der Waals surface area contributed by atoms with E-state index in [2.05, 4.69) is 31.3 Å². The van der Waals surface area contributed by atoms with Gasteiger partial charge in [-0.15, -0.1) is 0 Å². The van der Waals surface area contributed by atoms with E-state index in [0.717, 1.165) is 38.5 Å². The largest absolute Gasteiger partial charge is 0.394 e. The van der Waals surface area contributed by atoms with Crippen molar-refractivity contribution < 1.29 is 25.2 Å². The molecule has 0 aromatic carbocycles. The molecule has 448 valence electrons. The molecule has 4 atom stereocenters. The van der Waals surface area contributed by atoms with Crippen molar-refractivity contribution in [1.82, 2.24) is 5.32 Å². The summed E-state index contributed by atoms with van der Waals surface area (Å²) in [5.41, 5.74) is 0. The quantitative estimate of drug-likeness (QED) is 0.0308. The van der Waals surface area contributed by atoms with Gasteiger partial charge < -0.3 is 25.7 Å². The van der Waals surface area contributed by atoms with Gasteiger partial charge in [-0.1, -0.05) is 366 Å². The zero-order valence-electron chi connectivity index (χ0n) is 51.1. The number of carbonyl (C=O) groups is 1. The number of unbranched alkanes of at least 4 members (excludes halogenated alkanes) is 54. The van der Waals surface area contributed by atoms with Gasteiger partial charge in [-0.25, -0.2) is 0 Å². The smallest absolute Gasteiger partial charge is 0.249 e. The van der Waals surface area contributed by atoms with Crippen LogP contribution in [0.2, 0.25) is 0 Å². The van der Waals surface area contributed by atoms with Crippen molar-refractivity contribution in [2.45, 2.75) is 417 Å². The first kappa shape index (κ1) is 74.0. The van der Waals surface area contributed by atoms with E-state index in [1.54, 1.807) is 0 Å². The number of aliphatic hydroxyl groups is 4. The summed E-state index contributed by atoms with van der Waals surface area (Å²) in [6, 6.07) is -0.985. The first-order valence-electron chi connectivity index (χ1n) is 34.6. The van der Waals surface area contributed by atoms with E-state index in [4.69, 9.17) is 0 Å². The van der Waals surface area contributed by atoms with Gasteiger partial charge in [-0.3, -0.25) is 4.79 Å². The lowest BCUT2D eigenvalue weighted by Gasteiger charge is -2.27. The van der Waals surface area contributed by atoms with E-state index in [9.17, 15) is 25.2 Å². The fourth-order valence-corrected chi connectivity index (χ4v) is 11.3. The van der Waals surface area contributed by atoms with Crippen LogP contribution in [0.5, 0.6) is 0 Å². The topological polar surface area (TPSA) is 110 Å². The number of allylic oxidation sites excluding steroid dienone is 2. The lowest BCUT2D eigenvalue weighted by molar-refractivity contribution is -0.132. The first-order valence-corrected chi connectivity index (χ1v) is 34.6. The molecule has 0 bridgehead atoms. The van der Waals surface area contributed by atoms with Crippen LogP contribution in [0.15, 0.2) is 12.2 Å². The molecule has 0 heterocycles. The molecule has 0 fully saturated rings. The third kappa shape index (κ3) is 57.5. The maximum atomic E-state index is 12.7. The summed E-state index contributed by atoms with van der Waals surface area (Å²) in [4.78, 5) is 12.7. The van der Waals surface area contributed by atoms with E-state index in [0.29, 0.717) is 12.8 Å². The summed E-state index contributed by atoms with van der Waals surface area (Å²) >= 11 is 0. The van der Waals surface area contributed by atoms with Crippen molar-refractivity contribution in [1.29, 1.82) is 0 Å². The number of aliphatic hydroxyl groups excluding tert-OH is 4. The molecule has 0 aromatic rings. The zero-order chi connectivity index (χ0) is 54.4. The van der Waals surface area contributed by atoms with E-state index in [-0.39, 0.29) is 0 Å². The molecule has 0 aromatic heterocycles. The summed E-state index contributed by atoms with van der Waals surface area (Å²) < 4.78 is 0. The van der Waals surface area contributed by atoms with Gasteiger partial charge in [-0.05, 0) is 38.5 Å². The van der Waals surface area contributed by atoms with Crippen LogP contribution in [0, 0.1) is 0 Å². The molecule has 0 saturated heterocycles. The molecule has 0 saturated carbocycles. The van der Waals surface area contributed by atoms with E-state index in [1.807, 2.05) is 0 Å². The van der Waals surface area contributed by atoms with Crippen LogP contribution in [-0.4, -0.2) is 57.3 Å². The molecule has 5 N–H and O–H groups in total. The molecule has 0 aliphatic rings. The van der Waals surface area contributed by atoms with Gasteiger partial charge in [0, 0.05) is 0 Å². The maximum absolute atomic E-state index is 12.7. The second-order valence-corrected chi connectivity index (χ2v) is 24.2. The Hall–Kier alpha value is -0.950. The zero-order valence-corrected chi connectivity index (χ0v) is 51.1. The molecule has 0 aliphatic heterocycles. The summed E-state index contributed by atoms with van der Waals surface area (Å²) in [7, 11) is 0. The molecule has 6 heteroatoms. The van der Waals surface area contributed by atoms with Crippen molar-refractivity contribution in [3.63, 3.8) is 0 Å². The predicted molar refractivity (Wildman–Crippen MR) is 330 cm³/mol. The first-order chi connectivity index (χ1) is 37.0. The number of hydrogen-bond acceptors (Lipinski definition) is 5. The Bertz CT molecular complexity index is 1100. The Labute approximate surface area is 470 Å². The van der Waals surface area contributed by atoms with Gasteiger partial charge in [0.15, 0.2) is 0 Å². The average molecular weight is 1060 g/mol. The van der Waals surface area contributed by atoms with Crippen LogP contribution in [0.4, 0.5) is 0 Å². The number of amides is 1. The normalized spacial score (nSPS) is 13.5. The highest BCUT2D eigenvalue weighted by Gasteiger charge is 2.28. The summed E-state index contributed by atoms with van der Waals surface area (Å²) in [5.74, 6) is -0.576. The second-order valence-electron chi connectivity index (χ2n) is 24.2. The second kappa shape index (κ2) is 63.9. The Morgan fingerprint density at radius 2 is 0.533 bits per heavy atom. The van der Waals surface area contributed by atoms with E-state index < -0.39 is 36.9 Å². The summed E-state index contributed by atoms with van der Waals surface area (Å²) in [6.45, 7) is 4.11. The van der Waals surface area contributed by atoms with Gasteiger partial charge >= 0.3 is 0 Å². The average Bonchev–Trinajstić information content (AvgIpc) is 3.42. The molecule has 0 radical (unpaired) electrons. The van der Waals surface area contributed by atoms with Crippen molar-refractivity contribution >= 4 is 5.91 Å². The maximum Gasteiger partial charge on any atom is 0.249 e. The number of rotatable bonds is 65. The van der Waals surface area contributed by atoms with Crippen LogP contribution in [-0.2, 0) is 4.79 Å². The Balaban J connectivity index is 3.53. The molecule has 0 rings (SSSR count). The monoisotopic (exact) mass is 1060 g/mol. The highest BCUT2D eigenvalue weighted by atomic mass is 16.3. The SMILES string of the molecule is CCCCCCCCCCCCCC/C=C\CCCCCCCCCCCCCCC(O)C(=O)NC(CO)C(O)C(O)CCCCCCCCCCCCCCCCCCCCCCCCCCCCCCCCC. The van der Waals surface area contributed by atoms with E-state index in [1.165, 1.54) is 327 Å². The van der Waals surface area contributed by atoms with Crippen LogP contribution >= 0.6 is 0 Å². The molecule has 6 nitrogen and oxygen atoms in total. The van der Waals surface area contributed by atoms with Gasteiger partial charge in [0.25, 0.3) is 0 Å². The van der Waals surface area contributed by atoms with Gasteiger partial charge in [0.2, 0.25) is 5.91 Å². The van der Waals surface area contributed by atoms with Crippen LogP contribution < -0.4 is 5.32 Å². The minimum absolute atomic E-state index is 0.373. The number of carbonyl (C=O) groups excluding carboxylic acids is 1. The lowest BCUT2D eigenvalue weighted by atomic mass is 9.99.